The molecule has 3 rings (SSSR count). The van der Waals surface area contributed by atoms with Gasteiger partial charge in [0.2, 0.25) is 5.91 Å². The van der Waals surface area contributed by atoms with Gasteiger partial charge in [0.1, 0.15) is 0 Å². The average molecular weight is 382 g/mol. The average Bonchev–Trinajstić information content (AvgIpc) is 2.58. The van der Waals surface area contributed by atoms with E-state index < -0.39 is 0 Å². The van der Waals surface area contributed by atoms with Crippen molar-refractivity contribution in [2.75, 3.05) is 23.7 Å². The molecule has 0 radical (unpaired) electrons. The van der Waals surface area contributed by atoms with E-state index in [1.54, 1.807) is 0 Å². The number of hydrogen-bond donors (Lipinski definition) is 2. The van der Waals surface area contributed by atoms with E-state index in [-0.39, 0.29) is 36.8 Å². The molecule has 2 aromatic carbocycles. The molecule has 136 valence electrons. The van der Waals surface area contributed by atoms with E-state index in [9.17, 15) is 4.79 Å². The molecular weight excluding hydrogens is 357 g/mol. The van der Waals surface area contributed by atoms with Gasteiger partial charge in [-0.15, -0.1) is 24.8 Å². The zero-order valence-electron chi connectivity index (χ0n) is 14.1. The first kappa shape index (κ1) is 21.1. The Morgan fingerprint density at radius 1 is 1.00 bits per heavy atom. The van der Waals surface area contributed by atoms with Gasteiger partial charge in [-0.3, -0.25) is 4.79 Å². The maximum atomic E-state index is 12.2. The van der Waals surface area contributed by atoms with Crippen LogP contribution < -0.4 is 16.0 Å². The van der Waals surface area contributed by atoms with Crippen LogP contribution in [-0.2, 0) is 11.2 Å². The summed E-state index contributed by atoms with van der Waals surface area (Å²) in [6.45, 7) is 1.97. The highest BCUT2D eigenvalue weighted by Gasteiger charge is 2.20. The number of anilines is 2. The minimum absolute atomic E-state index is 0. The number of benzene rings is 2. The zero-order valence-corrected chi connectivity index (χ0v) is 15.7. The minimum atomic E-state index is 0. The third kappa shape index (κ3) is 6.15. The van der Waals surface area contributed by atoms with Crippen molar-refractivity contribution in [3.05, 3.63) is 60.2 Å². The highest BCUT2D eigenvalue weighted by atomic mass is 35.5. The van der Waals surface area contributed by atoms with Crippen molar-refractivity contribution < 1.29 is 4.79 Å². The Morgan fingerprint density at radius 3 is 2.20 bits per heavy atom. The number of carbonyl (C=O) groups is 1. The number of rotatable bonds is 4. The van der Waals surface area contributed by atoms with E-state index in [4.69, 9.17) is 5.73 Å². The fourth-order valence-electron chi connectivity index (χ4n) is 3.02. The van der Waals surface area contributed by atoms with Crippen LogP contribution in [0.1, 0.15) is 18.4 Å². The molecule has 25 heavy (non-hydrogen) atoms. The Bertz CT molecular complexity index is 641. The van der Waals surface area contributed by atoms with Crippen LogP contribution >= 0.6 is 24.8 Å². The summed E-state index contributed by atoms with van der Waals surface area (Å²) in [5.74, 6) is 0.0907. The summed E-state index contributed by atoms with van der Waals surface area (Å²) < 4.78 is 0. The molecule has 1 fully saturated rings. The Morgan fingerprint density at radius 2 is 1.60 bits per heavy atom. The SMILES string of the molecule is Cl.Cl.Nc1ccc(CC(=O)NC2CCN(c3ccccc3)CC2)cc1. The van der Waals surface area contributed by atoms with Crippen LogP contribution in [0.15, 0.2) is 54.6 Å². The van der Waals surface area contributed by atoms with E-state index >= 15 is 0 Å². The maximum Gasteiger partial charge on any atom is 0.224 e. The number of hydrogen-bond acceptors (Lipinski definition) is 3. The topological polar surface area (TPSA) is 58.4 Å². The van der Waals surface area contributed by atoms with Crippen LogP contribution in [-0.4, -0.2) is 25.0 Å². The first-order chi connectivity index (χ1) is 11.2. The molecule has 6 heteroatoms. The predicted octanol–water partition coefficient (Wildman–Crippen LogP) is 3.44. The number of amides is 1. The molecule has 0 spiro atoms. The van der Waals surface area contributed by atoms with Gasteiger partial charge in [0.05, 0.1) is 6.42 Å². The second-order valence-corrected chi connectivity index (χ2v) is 6.08. The van der Waals surface area contributed by atoms with Crippen molar-refractivity contribution in [3.8, 4) is 0 Å². The third-order valence-corrected chi connectivity index (χ3v) is 4.33. The Kier molecular flexibility index (Phi) is 8.59. The van der Waals surface area contributed by atoms with Gasteiger partial charge in [-0.1, -0.05) is 30.3 Å². The number of nitrogens with one attached hydrogen (secondary N) is 1. The fourth-order valence-corrected chi connectivity index (χ4v) is 3.02. The van der Waals surface area contributed by atoms with Crippen LogP contribution in [0, 0.1) is 0 Å². The summed E-state index contributed by atoms with van der Waals surface area (Å²) >= 11 is 0. The highest BCUT2D eigenvalue weighted by molar-refractivity contribution is 5.85. The van der Waals surface area contributed by atoms with Gasteiger partial charge in [-0.25, -0.2) is 0 Å². The fraction of sp³-hybridized carbons (Fsp3) is 0.316. The lowest BCUT2D eigenvalue weighted by atomic mass is 10.0. The lowest BCUT2D eigenvalue weighted by Crippen LogP contribution is -2.45. The Hall–Kier alpha value is -1.91. The van der Waals surface area contributed by atoms with Gasteiger partial charge in [-0.2, -0.15) is 0 Å². The Balaban J connectivity index is 0.00000156. The first-order valence-corrected chi connectivity index (χ1v) is 8.14. The third-order valence-electron chi connectivity index (χ3n) is 4.33. The van der Waals surface area contributed by atoms with Gasteiger partial charge in [0.25, 0.3) is 0 Å². The van der Waals surface area contributed by atoms with Crippen molar-refractivity contribution >= 4 is 42.1 Å². The van der Waals surface area contributed by atoms with E-state index in [0.29, 0.717) is 6.42 Å². The van der Waals surface area contributed by atoms with Crippen LogP contribution in [0.2, 0.25) is 0 Å². The minimum Gasteiger partial charge on any atom is -0.399 e. The highest BCUT2D eigenvalue weighted by Crippen LogP contribution is 2.19. The Labute approximate surface area is 161 Å². The number of nitrogens with two attached hydrogens (primary N) is 1. The summed E-state index contributed by atoms with van der Waals surface area (Å²) in [4.78, 5) is 14.5. The second-order valence-electron chi connectivity index (χ2n) is 6.08. The van der Waals surface area contributed by atoms with Gasteiger partial charge in [0.15, 0.2) is 0 Å². The van der Waals surface area contributed by atoms with Crippen molar-refractivity contribution in [1.82, 2.24) is 5.32 Å². The molecule has 2 aromatic rings. The molecule has 0 saturated carbocycles. The van der Waals surface area contributed by atoms with Crippen molar-refractivity contribution in [1.29, 1.82) is 0 Å². The summed E-state index contributed by atoms with van der Waals surface area (Å²) in [5.41, 5.74) is 8.65. The standard InChI is InChI=1S/C19H23N3O.2ClH/c20-16-8-6-15(7-9-16)14-19(23)21-17-10-12-22(13-11-17)18-4-2-1-3-5-18;;/h1-9,17H,10-14,20H2,(H,21,23);2*1H. The molecule has 1 amide bonds. The number of para-hydroxylation sites is 1. The smallest absolute Gasteiger partial charge is 0.224 e. The summed E-state index contributed by atoms with van der Waals surface area (Å²) in [6.07, 6.45) is 2.39. The number of nitrogens with zero attached hydrogens (tertiary/aromatic N) is 1. The number of carbonyl (C=O) groups excluding carboxylic acids is 1. The summed E-state index contributed by atoms with van der Waals surface area (Å²) in [6, 6.07) is 18.2. The van der Waals surface area contributed by atoms with Crippen molar-refractivity contribution in [3.63, 3.8) is 0 Å². The molecule has 3 N–H and O–H groups in total. The second kappa shape index (κ2) is 10.2. The van der Waals surface area contributed by atoms with Crippen LogP contribution in [0.25, 0.3) is 0 Å². The molecule has 1 saturated heterocycles. The lowest BCUT2D eigenvalue weighted by Gasteiger charge is -2.34. The normalized spacial score (nSPS) is 14.2. The van der Waals surface area contributed by atoms with Crippen molar-refractivity contribution in [2.45, 2.75) is 25.3 Å². The molecule has 0 aliphatic carbocycles. The van der Waals surface area contributed by atoms with Crippen LogP contribution in [0.4, 0.5) is 11.4 Å². The summed E-state index contributed by atoms with van der Waals surface area (Å²) in [5, 5.41) is 3.16. The summed E-state index contributed by atoms with van der Waals surface area (Å²) in [7, 11) is 0. The van der Waals surface area contributed by atoms with Crippen LogP contribution in [0.3, 0.4) is 0 Å². The van der Waals surface area contributed by atoms with E-state index in [0.717, 1.165) is 37.2 Å². The monoisotopic (exact) mass is 381 g/mol. The van der Waals surface area contributed by atoms with Gasteiger partial charge >= 0.3 is 0 Å². The van der Waals surface area contributed by atoms with Crippen molar-refractivity contribution in [2.24, 2.45) is 0 Å². The van der Waals surface area contributed by atoms with E-state index in [1.807, 2.05) is 30.3 Å². The van der Waals surface area contributed by atoms with Crippen LogP contribution in [0.5, 0.6) is 0 Å². The maximum absolute atomic E-state index is 12.2. The number of piperidine rings is 1. The van der Waals surface area contributed by atoms with E-state index in [2.05, 4.69) is 34.5 Å². The molecule has 1 aliphatic heterocycles. The van der Waals surface area contributed by atoms with Gasteiger partial charge in [-0.05, 0) is 42.7 Å². The van der Waals surface area contributed by atoms with Gasteiger partial charge in [0, 0.05) is 30.5 Å². The predicted molar refractivity (Wildman–Crippen MR) is 109 cm³/mol. The molecule has 0 unspecified atom stereocenters. The molecule has 1 heterocycles. The van der Waals surface area contributed by atoms with E-state index in [1.165, 1.54) is 5.69 Å². The number of halogens is 2. The van der Waals surface area contributed by atoms with Gasteiger partial charge < -0.3 is 16.0 Å². The quantitative estimate of drug-likeness (QED) is 0.797. The number of nitrogen functional groups attached to an aromatic ring is 1. The molecule has 0 aromatic heterocycles. The largest absolute Gasteiger partial charge is 0.399 e. The first-order valence-electron chi connectivity index (χ1n) is 8.14. The molecule has 1 aliphatic rings. The lowest BCUT2D eigenvalue weighted by molar-refractivity contribution is -0.121. The zero-order chi connectivity index (χ0) is 16.1. The molecule has 0 atom stereocenters. The molecule has 4 nitrogen and oxygen atoms in total. The molecule has 0 bridgehead atoms. The molecular formula is C19H25Cl2N3O.